The molecule has 1 atom stereocenters. The highest BCUT2D eigenvalue weighted by atomic mass is 35.5. The molecule has 1 aromatic rings. The van der Waals surface area contributed by atoms with Crippen LogP contribution in [0.4, 0.5) is 5.13 Å². The first-order valence-electron chi connectivity index (χ1n) is 4.88. The molecular weight excluding hydrogens is 216 g/mol. The summed E-state index contributed by atoms with van der Waals surface area (Å²) in [5, 5.41) is 6.44. The van der Waals surface area contributed by atoms with Crippen LogP contribution >= 0.6 is 22.9 Å². The summed E-state index contributed by atoms with van der Waals surface area (Å²) in [4.78, 5) is 4.31. The van der Waals surface area contributed by atoms with E-state index in [1.807, 2.05) is 12.3 Å². The van der Waals surface area contributed by atoms with Gasteiger partial charge in [0.2, 0.25) is 0 Å². The Balaban J connectivity index is 2.26. The van der Waals surface area contributed by atoms with Gasteiger partial charge in [-0.15, -0.1) is 22.9 Å². The molecule has 0 saturated carbocycles. The monoisotopic (exact) mass is 232 g/mol. The molecule has 1 heterocycles. The number of aryl methyl sites for hydroxylation is 1. The predicted octanol–water partition coefficient (Wildman–Crippen LogP) is 3.52. The maximum absolute atomic E-state index is 6.15. The lowest BCUT2D eigenvalue weighted by Gasteiger charge is -2.11. The Morgan fingerprint density at radius 3 is 2.79 bits per heavy atom. The number of thiazole rings is 1. The molecule has 2 nitrogen and oxygen atoms in total. The third kappa shape index (κ3) is 4.29. The van der Waals surface area contributed by atoms with Gasteiger partial charge in [-0.2, -0.15) is 0 Å². The normalized spacial score (nSPS) is 13.2. The second kappa shape index (κ2) is 5.56. The lowest BCUT2D eigenvalue weighted by molar-refractivity contribution is 0.572. The summed E-state index contributed by atoms with van der Waals surface area (Å²) >= 11 is 7.78. The van der Waals surface area contributed by atoms with Crippen LogP contribution in [0.1, 0.15) is 26.0 Å². The van der Waals surface area contributed by atoms with Crippen molar-refractivity contribution in [3.8, 4) is 0 Å². The van der Waals surface area contributed by atoms with Crippen LogP contribution in [0.5, 0.6) is 0 Å². The molecule has 0 bridgehead atoms. The Labute approximate surface area is 94.7 Å². The number of nitrogens with zero attached hydrogens (tertiary/aromatic N) is 1. The first-order valence-corrected chi connectivity index (χ1v) is 6.19. The fourth-order valence-corrected chi connectivity index (χ4v) is 2.36. The Morgan fingerprint density at radius 1 is 1.57 bits per heavy atom. The van der Waals surface area contributed by atoms with Gasteiger partial charge in [0.05, 0.1) is 11.1 Å². The minimum Gasteiger partial charge on any atom is -0.360 e. The molecule has 0 aliphatic carbocycles. The molecule has 0 aliphatic heterocycles. The Bertz CT molecular complexity index is 273. The average molecular weight is 233 g/mol. The number of nitrogens with one attached hydrogen (secondary N) is 1. The second-order valence-corrected chi connectivity index (χ2v) is 5.38. The van der Waals surface area contributed by atoms with Gasteiger partial charge in [-0.05, 0) is 19.3 Å². The first kappa shape index (κ1) is 11.8. The molecule has 0 aromatic carbocycles. The molecule has 4 heteroatoms. The molecular formula is C10H17ClN2S. The topological polar surface area (TPSA) is 24.9 Å². The molecule has 80 valence electrons. The SMILES string of the molecule is Cc1csc(NCC(Cl)CC(C)C)n1. The van der Waals surface area contributed by atoms with Crippen molar-refractivity contribution >= 4 is 28.1 Å². The zero-order valence-electron chi connectivity index (χ0n) is 8.88. The van der Waals surface area contributed by atoms with Crippen LogP contribution in [0, 0.1) is 12.8 Å². The van der Waals surface area contributed by atoms with E-state index in [-0.39, 0.29) is 5.38 Å². The predicted molar refractivity (Wildman–Crippen MR) is 64.4 cm³/mol. The summed E-state index contributed by atoms with van der Waals surface area (Å²) in [5.41, 5.74) is 1.06. The fraction of sp³-hybridized carbons (Fsp3) is 0.700. The van der Waals surface area contributed by atoms with Crippen molar-refractivity contribution in [3.05, 3.63) is 11.1 Å². The van der Waals surface area contributed by atoms with Gasteiger partial charge in [-0.1, -0.05) is 13.8 Å². The van der Waals surface area contributed by atoms with Gasteiger partial charge in [0.25, 0.3) is 0 Å². The van der Waals surface area contributed by atoms with Crippen molar-refractivity contribution in [3.63, 3.8) is 0 Å². The number of hydrogen-bond donors (Lipinski definition) is 1. The van der Waals surface area contributed by atoms with E-state index >= 15 is 0 Å². The van der Waals surface area contributed by atoms with Gasteiger partial charge >= 0.3 is 0 Å². The molecule has 14 heavy (non-hydrogen) atoms. The molecule has 0 amide bonds. The van der Waals surface area contributed by atoms with Crippen LogP contribution in [0.2, 0.25) is 0 Å². The average Bonchev–Trinajstić information content (AvgIpc) is 2.47. The molecule has 0 spiro atoms. The number of halogens is 1. The molecule has 0 radical (unpaired) electrons. The fourth-order valence-electron chi connectivity index (χ4n) is 1.23. The lowest BCUT2D eigenvalue weighted by atomic mass is 10.1. The Kier molecular flexibility index (Phi) is 4.69. The van der Waals surface area contributed by atoms with E-state index < -0.39 is 0 Å². The molecule has 0 fully saturated rings. The number of hydrogen-bond acceptors (Lipinski definition) is 3. The summed E-state index contributed by atoms with van der Waals surface area (Å²) in [5.74, 6) is 0.650. The molecule has 0 saturated heterocycles. The second-order valence-electron chi connectivity index (χ2n) is 3.90. The van der Waals surface area contributed by atoms with Crippen molar-refractivity contribution in [2.75, 3.05) is 11.9 Å². The number of alkyl halides is 1. The van der Waals surface area contributed by atoms with Gasteiger partial charge < -0.3 is 5.32 Å². The lowest BCUT2D eigenvalue weighted by Crippen LogP contribution is -2.16. The molecule has 0 aliphatic rings. The largest absolute Gasteiger partial charge is 0.360 e. The van der Waals surface area contributed by atoms with E-state index in [0.29, 0.717) is 5.92 Å². The highest BCUT2D eigenvalue weighted by molar-refractivity contribution is 7.13. The van der Waals surface area contributed by atoms with Crippen LogP contribution in [-0.4, -0.2) is 16.9 Å². The third-order valence-electron chi connectivity index (χ3n) is 1.82. The Hall–Kier alpha value is -0.280. The highest BCUT2D eigenvalue weighted by Crippen LogP contribution is 2.16. The molecule has 1 rings (SSSR count). The van der Waals surface area contributed by atoms with Crippen LogP contribution in [-0.2, 0) is 0 Å². The van der Waals surface area contributed by atoms with Crippen molar-refractivity contribution in [1.82, 2.24) is 4.98 Å². The summed E-state index contributed by atoms with van der Waals surface area (Å²) < 4.78 is 0. The van der Waals surface area contributed by atoms with Crippen molar-refractivity contribution < 1.29 is 0 Å². The number of rotatable bonds is 5. The van der Waals surface area contributed by atoms with Crippen LogP contribution in [0.15, 0.2) is 5.38 Å². The summed E-state index contributed by atoms with van der Waals surface area (Å²) in [7, 11) is 0. The Morgan fingerprint density at radius 2 is 2.29 bits per heavy atom. The maximum atomic E-state index is 6.15. The van der Waals surface area contributed by atoms with Crippen LogP contribution in [0.25, 0.3) is 0 Å². The van der Waals surface area contributed by atoms with Crippen molar-refractivity contribution in [1.29, 1.82) is 0 Å². The van der Waals surface area contributed by atoms with Crippen LogP contribution < -0.4 is 5.32 Å². The van der Waals surface area contributed by atoms with E-state index in [9.17, 15) is 0 Å². The van der Waals surface area contributed by atoms with Crippen LogP contribution in [0.3, 0.4) is 0 Å². The highest BCUT2D eigenvalue weighted by Gasteiger charge is 2.07. The van der Waals surface area contributed by atoms with E-state index in [4.69, 9.17) is 11.6 Å². The number of anilines is 1. The first-order chi connectivity index (χ1) is 6.58. The molecule has 1 aromatic heterocycles. The standard InChI is InChI=1S/C10H17ClN2S/c1-7(2)4-9(11)5-12-10-13-8(3)6-14-10/h6-7,9H,4-5H2,1-3H3,(H,12,13). The van der Waals surface area contributed by atoms with E-state index in [1.165, 1.54) is 0 Å². The van der Waals surface area contributed by atoms with Gasteiger partial charge in [0.15, 0.2) is 5.13 Å². The quantitative estimate of drug-likeness (QED) is 0.786. The van der Waals surface area contributed by atoms with E-state index in [2.05, 4.69) is 24.1 Å². The zero-order chi connectivity index (χ0) is 10.6. The number of aromatic nitrogens is 1. The smallest absolute Gasteiger partial charge is 0.182 e. The summed E-state index contributed by atoms with van der Waals surface area (Å²) in [6.07, 6.45) is 1.04. The third-order valence-corrected chi connectivity index (χ3v) is 3.07. The van der Waals surface area contributed by atoms with Gasteiger partial charge in [0, 0.05) is 11.9 Å². The van der Waals surface area contributed by atoms with Gasteiger partial charge in [0.1, 0.15) is 0 Å². The maximum Gasteiger partial charge on any atom is 0.182 e. The van der Waals surface area contributed by atoms with Gasteiger partial charge in [-0.25, -0.2) is 4.98 Å². The van der Waals surface area contributed by atoms with Crippen molar-refractivity contribution in [2.45, 2.75) is 32.6 Å². The van der Waals surface area contributed by atoms with E-state index in [0.717, 1.165) is 23.8 Å². The summed E-state index contributed by atoms with van der Waals surface area (Å²) in [6.45, 7) is 7.16. The van der Waals surface area contributed by atoms with Crippen molar-refractivity contribution in [2.24, 2.45) is 5.92 Å². The zero-order valence-corrected chi connectivity index (χ0v) is 10.5. The molecule has 1 unspecified atom stereocenters. The molecule has 1 N–H and O–H groups in total. The minimum absolute atomic E-state index is 0.194. The van der Waals surface area contributed by atoms with Gasteiger partial charge in [-0.3, -0.25) is 0 Å². The summed E-state index contributed by atoms with van der Waals surface area (Å²) in [6, 6.07) is 0. The minimum atomic E-state index is 0.194. The van der Waals surface area contributed by atoms with E-state index in [1.54, 1.807) is 11.3 Å².